The molecule has 0 aromatic rings. The molecule has 0 aliphatic carbocycles. The number of nitrogens with one attached hydrogen (secondary N) is 1. The number of carbonyl (C=O) groups is 2. The van der Waals surface area contributed by atoms with Gasteiger partial charge in [0, 0.05) is 19.6 Å². The van der Waals surface area contributed by atoms with Gasteiger partial charge in [-0.1, -0.05) is 6.92 Å². The van der Waals surface area contributed by atoms with E-state index in [0.29, 0.717) is 6.54 Å². The lowest BCUT2D eigenvalue weighted by Gasteiger charge is -2.08. The Morgan fingerprint density at radius 3 is 2.46 bits per heavy atom. The van der Waals surface area contributed by atoms with Gasteiger partial charge in [0.15, 0.2) is 0 Å². The maximum atomic E-state index is 10.9. The maximum Gasteiger partial charge on any atom is 0.303 e. The number of carboxylic acids is 1. The van der Waals surface area contributed by atoms with Crippen molar-refractivity contribution in [2.45, 2.75) is 19.8 Å². The van der Waals surface area contributed by atoms with Crippen LogP contribution in [0.3, 0.4) is 0 Å². The average molecular weight is 189 g/mol. The minimum Gasteiger partial charge on any atom is -0.481 e. The van der Waals surface area contributed by atoms with Crippen LogP contribution >= 0.6 is 0 Å². The Labute approximate surface area is 76.8 Å². The number of hydrogen-bond donors (Lipinski definition) is 3. The van der Waals surface area contributed by atoms with Crippen LogP contribution in [0.25, 0.3) is 0 Å². The molecule has 0 aliphatic heterocycles. The number of aliphatic hydroxyl groups is 1. The van der Waals surface area contributed by atoms with Crippen molar-refractivity contribution in [2.75, 3.05) is 13.2 Å². The van der Waals surface area contributed by atoms with Crippen molar-refractivity contribution >= 4 is 11.9 Å². The molecule has 0 radical (unpaired) electrons. The molecule has 0 rings (SSSR count). The molecular formula is C8H15NO4. The van der Waals surface area contributed by atoms with E-state index in [2.05, 4.69) is 5.32 Å². The molecule has 13 heavy (non-hydrogen) atoms. The van der Waals surface area contributed by atoms with Crippen molar-refractivity contribution in [3.8, 4) is 0 Å². The van der Waals surface area contributed by atoms with Crippen LogP contribution in [-0.4, -0.2) is 35.2 Å². The zero-order valence-corrected chi connectivity index (χ0v) is 7.62. The summed E-state index contributed by atoms with van der Waals surface area (Å²) >= 11 is 0. The van der Waals surface area contributed by atoms with Crippen LogP contribution in [0, 0.1) is 5.92 Å². The van der Waals surface area contributed by atoms with Gasteiger partial charge in [0.25, 0.3) is 0 Å². The van der Waals surface area contributed by atoms with E-state index in [1.807, 2.05) is 0 Å². The van der Waals surface area contributed by atoms with Gasteiger partial charge in [-0.3, -0.25) is 9.59 Å². The molecule has 5 nitrogen and oxygen atoms in total. The van der Waals surface area contributed by atoms with Gasteiger partial charge in [-0.05, 0) is 5.92 Å². The minimum absolute atomic E-state index is 0.00647. The summed E-state index contributed by atoms with van der Waals surface area (Å²) < 4.78 is 0. The fourth-order valence-corrected chi connectivity index (χ4v) is 0.661. The Morgan fingerprint density at radius 1 is 1.38 bits per heavy atom. The summed E-state index contributed by atoms with van der Waals surface area (Å²) in [5.41, 5.74) is 0. The molecule has 0 bridgehead atoms. The van der Waals surface area contributed by atoms with Crippen molar-refractivity contribution in [1.29, 1.82) is 0 Å². The highest BCUT2D eigenvalue weighted by atomic mass is 16.4. The molecule has 0 heterocycles. The zero-order valence-electron chi connectivity index (χ0n) is 7.62. The Bertz CT molecular complexity index is 181. The van der Waals surface area contributed by atoms with Crippen molar-refractivity contribution < 1.29 is 19.8 Å². The first-order valence-electron chi connectivity index (χ1n) is 4.15. The minimum atomic E-state index is -0.981. The number of rotatable bonds is 6. The molecule has 1 amide bonds. The van der Waals surface area contributed by atoms with Crippen LogP contribution in [0.2, 0.25) is 0 Å². The van der Waals surface area contributed by atoms with Gasteiger partial charge in [0.2, 0.25) is 5.91 Å². The standard InChI is InChI=1S/C8H15NO4/c1-6(5-10)4-9-7(11)2-3-8(12)13/h6,10H,2-5H2,1H3,(H,9,11)(H,12,13). The molecule has 1 atom stereocenters. The number of aliphatic hydroxyl groups excluding tert-OH is 1. The van der Waals surface area contributed by atoms with Crippen LogP contribution in [-0.2, 0) is 9.59 Å². The van der Waals surface area contributed by atoms with E-state index in [0.717, 1.165) is 0 Å². The Balaban J connectivity index is 3.46. The molecule has 0 fully saturated rings. The van der Waals surface area contributed by atoms with Crippen LogP contribution in [0.5, 0.6) is 0 Å². The van der Waals surface area contributed by atoms with Gasteiger partial charge < -0.3 is 15.5 Å². The third-order valence-electron chi connectivity index (χ3n) is 1.53. The monoisotopic (exact) mass is 189 g/mol. The predicted molar refractivity (Wildman–Crippen MR) is 46.1 cm³/mol. The van der Waals surface area contributed by atoms with Crippen LogP contribution in [0.1, 0.15) is 19.8 Å². The molecular weight excluding hydrogens is 174 g/mol. The van der Waals surface area contributed by atoms with Crippen molar-refractivity contribution in [3.63, 3.8) is 0 Å². The first kappa shape index (κ1) is 11.9. The second-order valence-electron chi connectivity index (χ2n) is 2.99. The van der Waals surface area contributed by atoms with Gasteiger partial charge in [0.1, 0.15) is 0 Å². The summed E-state index contributed by atoms with van der Waals surface area (Å²) in [6.45, 7) is 2.19. The lowest BCUT2D eigenvalue weighted by atomic mass is 10.2. The van der Waals surface area contributed by atoms with Crippen molar-refractivity contribution in [1.82, 2.24) is 5.32 Å². The second kappa shape index (κ2) is 6.42. The molecule has 0 spiro atoms. The van der Waals surface area contributed by atoms with Crippen molar-refractivity contribution in [2.24, 2.45) is 5.92 Å². The highest BCUT2D eigenvalue weighted by Crippen LogP contribution is 1.92. The fraction of sp³-hybridized carbons (Fsp3) is 0.750. The smallest absolute Gasteiger partial charge is 0.303 e. The summed E-state index contributed by atoms with van der Waals surface area (Å²) in [5, 5.41) is 19.4. The van der Waals surface area contributed by atoms with Gasteiger partial charge in [-0.15, -0.1) is 0 Å². The van der Waals surface area contributed by atoms with Gasteiger partial charge in [0.05, 0.1) is 6.42 Å². The van der Waals surface area contributed by atoms with Crippen LogP contribution in [0.4, 0.5) is 0 Å². The molecule has 3 N–H and O–H groups in total. The first-order chi connectivity index (χ1) is 6.06. The molecule has 0 aromatic carbocycles. The van der Waals surface area contributed by atoms with E-state index in [4.69, 9.17) is 10.2 Å². The fourth-order valence-electron chi connectivity index (χ4n) is 0.661. The quantitative estimate of drug-likeness (QED) is 0.530. The highest BCUT2D eigenvalue weighted by Gasteiger charge is 2.06. The average Bonchev–Trinajstić information content (AvgIpc) is 2.10. The zero-order chi connectivity index (χ0) is 10.3. The molecule has 0 aromatic heterocycles. The van der Waals surface area contributed by atoms with E-state index < -0.39 is 5.97 Å². The summed E-state index contributed by atoms with van der Waals surface area (Å²) in [7, 11) is 0. The van der Waals surface area contributed by atoms with E-state index in [-0.39, 0.29) is 31.3 Å². The normalized spacial score (nSPS) is 12.2. The lowest BCUT2D eigenvalue weighted by Crippen LogP contribution is -2.29. The van der Waals surface area contributed by atoms with E-state index in [1.54, 1.807) is 6.92 Å². The maximum absolute atomic E-state index is 10.9. The number of aliphatic carboxylic acids is 1. The Kier molecular flexibility index (Phi) is 5.88. The third-order valence-corrected chi connectivity index (χ3v) is 1.53. The van der Waals surface area contributed by atoms with E-state index in [1.165, 1.54) is 0 Å². The second-order valence-corrected chi connectivity index (χ2v) is 2.99. The van der Waals surface area contributed by atoms with E-state index in [9.17, 15) is 9.59 Å². The Morgan fingerprint density at radius 2 is 2.00 bits per heavy atom. The molecule has 0 saturated heterocycles. The first-order valence-corrected chi connectivity index (χ1v) is 4.15. The largest absolute Gasteiger partial charge is 0.481 e. The predicted octanol–water partition coefficient (Wildman–Crippen LogP) is -0.404. The summed E-state index contributed by atoms with van der Waals surface area (Å²) in [5.74, 6) is -1.26. The molecule has 0 aliphatic rings. The highest BCUT2D eigenvalue weighted by molar-refractivity contribution is 5.80. The topological polar surface area (TPSA) is 86.6 Å². The third kappa shape index (κ3) is 7.27. The lowest BCUT2D eigenvalue weighted by molar-refractivity contribution is -0.138. The SMILES string of the molecule is CC(CO)CNC(=O)CCC(=O)O. The van der Waals surface area contributed by atoms with Gasteiger partial charge in [-0.25, -0.2) is 0 Å². The van der Waals surface area contributed by atoms with E-state index >= 15 is 0 Å². The molecule has 76 valence electrons. The molecule has 0 saturated carbocycles. The number of carbonyl (C=O) groups excluding carboxylic acids is 1. The summed E-state index contributed by atoms with van der Waals surface area (Å²) in [6, 6.07) is 0. The number of amides is 1. The van der Waals surface area contributed by atoms with Crippen molar-refractivity contribution in [3.05, 3.63) is 0 Å². The molecule has 1 unspecified atom stereocenters. The summed E-state index contributed by atoms with van der Waals surface area (Å²) in [4.78, 5) is 21.0. The molecule has 5 heteroatoms. The van der Waals surface area contributed by atoms with Gasteiger partial charge in [-0.2, -0.15) is 0 Å². The van der Waals surface area contributed by atoms with Crippen LogP contribution < -0.4 is 5.32 Å². The number of carboxylic acid groups (broad SMARTS) is 1. The van der Waals surface area contributed by atoms with Crippen LogP contribution in [0.15, 0.2) is 0 Å². The Hall–Kier alpha value is -1.10. The van der Waals surface area contributed by atoms with Gasteiger partial charge >= 0.3 is 5.97 Å². The summed E-state index contributed by atoms with van der Waals surface area (Å²) in [6.07, 6.45) is -0.160. The number of hydrogen-bond acceptors (Lipinski definition) is 3.